The molecular formula is C10H18N2. The van der Waals surface area contributed by atoms with Crippen molar-refractivity contribution in [2.45, 2.75) is 24.8 Å². The van der Waals surface area contributed by atoms with Crippen molar-refractivity contribution >= 4 is 0 Å². The highest BCUT2D eigenvalue weighted by Gasteiger charge is 2.33. The van der Waals surface area contributed by atoms with Gasteiger partial charge in [0.2, 0.25) is 0 Å². The van der Waals surface area contributed by atoms with Crippen LogP contribution in [0.4, 0.5) is 0 Å². The minimum Gasteiger partial charge on any atom is -0.310 e. The first-order valence-electron chi connectivity index (χ1n) is 4.89. The topological polar surface area (TPSA) is 15.3 Å². The summed E-state index contributed by atoms with van der Waals surface area (Å²) in [6.07, 6.45) is 8.54. The molecule has 2 aliphatic rings. The molecule has 2 heterocycles. The van der Waals surface area contributed by atoms with Gasteiger partial charge in [0.1, 0.15) is 0 Å². The Hall–Kier alpha value is -0.340. The molecule has 0 unspecified atom stereocenters. The third-order valence-corrected chi connectivity index (χ3v) is 3.00. The second kappa shape index (κ2) is 3.19. The normalized spacial score (nSPS) is 37.4. The molecule has 0 aromatic heterocycles. The van der Waals surface area contributed by atoms with E-state index < -0.39 is 0 Å². The average molecular weight is 166 g/mol. The van der Waals surface area contributed by atoms with E-state index in [1.54, 1.807) is 0 Å². The maximum absolute atomic E-state index is 3.65. The van der Waals surface area contributed by atoms with Crippen molar-refractivity contribution in [3.63, 3.8) is 0 Å². The third kappa shape index (κ3) is 1.54. The van der Waals surface area contributed by atoms with Gasteiger partial charge in [-0.2, -0.15) is 0 Å². The molecule has 12 heavy (non-hydrogen) atoms. The van der Waals surface area contributed by atoms with Crippen molar-refractivity contribution < 1.29 is 0 Å². The number of hydrogen-bond acceptors (Lipinski definition) is 2. The molecule has 2 aliphatic heterocycles. The molecule has 2 heteroatoms. The lowest BCUT2D eigenvalue weighted by atomic mass is 9.93. The molecule has 0 saturated carbocycles. The Balaban J connectivity index is 2.08. The lowest BCUT2D eigenvalue weighted by Crippen LogP contribution is -2.47. The highest BCUT2D eigenvalue weighted by Crippen LogP contribution is 2.25. The predicted molar refractivity (Wildman–Crippen MR) is 51.2 cm³/mol. The van der Waals surface area contributed by atoms with Gasteiger partial charge in [0.05, 0.1) is 0 Å². The number of likely N-dealkylation sites (N-methyl/N-ethyl adjacent to an activating group) is 1. The highest BCUT2D eigenvalue weighted by atomic mass is 15.2. The van der Waals surface area contributed by atoms with E-state index >= 15 is 0 Å². The fraction of sp³-hybridized carbons (Fsp3) is 0.800. The Bertz CT molecular complexity index is 180. The summed E-state index contributed by atoms with van der Waals surface area (Å²) in [6, 6.07) is 0. The monoisotopic (exact) mass is 166 g/mol. The Morgan fingerprint density at radius 2 is 2.33 bits per heavy atom. The predicted octanol–water partition coefficient (Wildman–Crippen LogP) is 1.00. The van der Waals surface area contributed by atoms with Crippen molar-refractivity contribution in [2.75, 3.05) is 26.7 Å². The largest absolute Gasteiger partial charge is 0.310 e. The van der Waals surface area contributed by atoms with E-state index in [4.69, 9.17) is 0 Å². The van der Waals surface area contributed by atoms with Crippen LogP contribution >= 0.6 is 0 Å². The van der Waals surface area contributed by atoms with Gasteiger partial charge in [-0.25, -0.2) is 0 Å². The summed E-state index contributed by atoms with van der Waals surface area (Å²) < 4.78 is 0. The molecule has 0 bridgehead atoms. The molecule has 2 rings (SSSR count). The molecule has 1 spiro atoms. The number of rotatable bonds is 0. The van der Waals surface area contributed by atoms with E-state index in [0.29, 0.717) is 5.54 Å². The zero-order valence-electron chi connectivity index (χ0n) is 7.84. The molecular weight excluding hydrogens is 148 g/mol. The SMILES string of the molecule is CN1CC=CC[C@]2(CCCN2)C1. The van der Waals surface area contributed by atoms with Gasteiger partial charge in [0.15, 0.2) is 0 Å². The molecule has 0 aromatic rings. The Kier molecular flexibility index (Phi) is 2.20. The number of hydrogen-bond donors (Lipinski definition) is 1. The van der Waals surface area contributed by atoms with Gasteiger partial charge in [-0.1, -0.05) is 12.2 Å². The minimum atomic E-state index is 0.418. The van der Waals surface area contributed by atoms with E-state index in [2.05, 4.69) is 29.4 Å². The molecule has 0 radical (unpaired) electrons. The van der Waals surface area contributed by atoms with Crippen LogP contribution in [0.5, 0.6) is 0 Å². The van der Waals surface area contributed by atoms with Crippen molar-refractivity contribution in [3.05, 3.63) is 12.2 Å². The van der Waals surface area contributed by atoms with Gasteiger partial charge in [-0.05, 0) is 32.9 Å². The maximum atomic E-state index is 3.65. The quantitative estimate of drug-likeness (QED) is 0.540. The van der Waals surface area contributed by atoms with Gasteiger partial charge < -0.3 is 10.2 Å². The summed E-state index contributed by atoms with van der Waals surface area (Å²) in [4.78, 5) is 2.40. The molecule has 0 aliphatic carbocycles. The first-order valence-corrected chi connectivity index (χ1v) is 4.89. The van der Waals surface area contributed by atoms with E-state index in [1.807, 2.05) is 0 Å². The third-order valence-electron chi connectivity index (χ3n) is 3.00. The van der Waals surface area contributed by atoms with Crippen LogP contribution in [-0.2, 0) is 0 Å². The molecule has 1 saturated heterocycles. The van der Waals surface area contributed by atoms with Gasteiger partial charge >= 0.3 is 0 Å². The second-order valence-electron chi connectivity index (χ2n) is 4.18. The molecule has 1 fully saturated rings. The molecule has 1 atom stereocenters. The second-order valence-corrected chi connectivity index (χ2v) is 4.18. The van der Waals surface area contributed by atoms with Gasteiger partial charge in [0, 0.05) is 18.6 Å². The van der Waals surface area contributed by atoms with Crippen molar-refractivity contribution in [2.24, 2.45) is 0 Å². The van der Waals surface area contributed by atoms with Crippen LogP contribution in [0.1, 0.15) is 19.3 Å². The Labute approximate surface area is 74.6 Å². The van der Waals surface area contributed by atoms with Gasteiger partial charge in [-0.15, -0.1) is 0 Å². The first kappa shape index (κ1) is 8.27. The van der Waals surface area contributed by atoms with Crippen LogP contribution in [0, 0.1) is 0 Å². The zero-order valence-corrected chi connectivity index (χ0v) is 7.84. The first-order chi connectivity index (χ1) is 5.81. The summed E-state index contributed by atoms with van der Waals surface area (Å²) in [5.41, 5.74) is 0.418. The average Bonchev–Trinajstić information content (AvgIpc) is 2.39. The Morgan fingerprint density at radius 3 is 3.08 bits per heavy atom. The van der Waals surface area contributed by atoms with Gasteiger partial charge in [-0.3, -0.25) is 0 Å². The summed E-state index contributed by atoms with van der Waals surface area (Å²) in [7, 11) is 2.21. The number of nitrogens with zero attached hydrogens (tertiary/aromatic N) is 1. The standard InChI is InChI=1S/C10H18N2/c1-12-8-3-2-5-10(9-12)6-4-7-11-10/h2-3,11H,4-9H2,1H3/t10-/m0/s1. The van der Waals surface area contributed by atoms with Crippen LogP contribution in [0.3, 0.4) is 0 Å². The zero-order chi connectivity index (χ0) is 8.44. The molecule has 2 nitrogen and oxygen atoms in total. The van der Waals surface area contributed by atoms with Crippen LogP contribution in [0.2, 0.25) is 0 Å². The van der Waals surface area contributed by atoms with Crippen LogP contribution in [0.15, 0.2) is 12.2 Å². The van der Waals surface area contributed by atoms with Crippen LogP contribution in [0.25, 0.3) is 0 Å². The lowest BCUT2D eigenvalue weighted by Gasteiger charge is -2.31. The summed E-state index contributed by atoms with van der Waals surface area (Å²) in [6.45, 7) is 3.53. The molecule has 0 aromatic carbocycles. The summed E-state index contributed by atoms with van der Waals surface area (Å²) in [5.74, 6) is 0. The van der Waals surface area contributed by atoms with Crippen LogP contribution < -0.4 is 5.32 Å². The van der Waals surface area contributed by atoms with E-state index in [-0.39, 0.29) is 0 Å². The smallest absolute Gasteiger partial charge is 0.0343 e. The van der Waals surface area contributed by atoms with Crippen molar-refractivity contribution in [3.8, 4) is 0 Å². The highest BCUT2D eigenvalue weighted by molar-refractivity contribution is 5.04. The molecule has 0 amide bonds. The fourth-order valence-corrected chi connectivity index (χ4v) is 2.39. The maximum Gasteiger partial charge on any atom is 0.0343 e. The number of nitrogens with one attached hydrogen (secondary N) is 1. The van der Waals surface area contributed by atoms with E-state index in [1.165, 1.54) is 32.4 Å². The fourth-order valence-electron chi connectivity index (χ4n) is 2.39. The van der Waals surface area contributed by atoms with Crippen LogP contribution in [-0.4, -0.2) is 37.1 Å². The van der Waals surface area contributed by atoms with Crippen molar-refractivity contribution in [1.29, 1.82) is 0 Å². The van der Waals surface area contributed by atoms with Gasteiger partial charge in [0.25, 0.3) is 0 Å². The minimum absolute atomic E-state index is 0.418. The Morgan fingerprint density at radius 1 is 1.42 bits per heavy atom. The summed E-state index contributed by atoms with van der Waals surface area (Å²) >= 11 is 0. The molecule has 1 N–H and O–H groups in total. The van der Waals surface area contributed by atoms with Crippen molar-refractivity contribution in [1.82, 2.24) is 10.2 Å². The van der Waals surface area contributed by atoms with E-state index in [0.717, 1.165) is 6.54 Å². The van der Waals surface area contributed by atoms with E-state index in [9.17, 15) is 0 Å². The molecule has 68 valence electrons. The summed E-state index contributed by atoms with van der Waals surface area (Å²) in [5, 5.41) is 3.65. The lowest BCUT2D eigenvalue weighted by molar-refractivity contribution is 0.250.